The zero-order valence-corrected chi connectivity index (χ0v) is 18.6. The molecular formula is C23H29N5OS. The highest BCUT2D eigenvalue weighted by molar-refractivity contribution is 7.11. The molecule has 0 aliphatic carbocycles. The minimum atomic E-state index is 0.452. The predicted molar refractivity (Wildman–Crippen MR) is 123 cm³/mol. The molecule has 0 aliphatic heterocycles. The van der Waals surface area contributed by atoms with Crippen molar-refractivity contribution >= 4 is 17.3 Å². The van der Waals surface area contributed by atoms with Gasteiger partial charge in [0, 0.05) is 30.6 Å². The second-order valence-electron chi connectivity index (χ2n) is 6.88. The Labute approximate surface area is 182 Å². The lowest BCUT2D eigenvalue weighted by Gasteiger charge is -2.11. The van der Waals surface area contributed by atoms with Crippen LogP contribution < -0.4 is 15.4 Å². The molecule has 1 aromatic carbocycles. The third kappa shape index (κ3) is 6.84. The summed E-state index contributed by atoms with van der Waals surface area (Å²) in [6, 6.07) is 13.8. The van der Waals surface area contributed by atoms with E-state index in [0.717, 1.165) is 53.2 Å². The number of nitrogens with one attached hydrogen (secondary N) is 2. The number of pyridine rings is 1. The minimum absolute atomic E-state index is 0.452. The predicted octanol–water partition coefficient (Wildman–Crippen LogP) is 4.03. The summed E-state index contributed by atoms with van der Waals surface area (Å²) in [5.41, 5.74) is 3.13. The van der Waals surface area contributed by atoms with E-state index in [4.69, 9.17) is 9.73 Å². The Kier molecular flexibility index (Phi) is 8.20. The molecule has 0 saturated carbocycles. The molecule has 2 N–H and O–H groups in total. The number of thiazole rings is 1. The highest BCUT2D eigenvalue weighted by Gasteiger charge is 2.05. The molecule has 0 unspecified atom stereocenters. The third-order valence-electron chi connectivity index (χ3n) is 4.48. The van der Waals surface area contributed by atoms with E-state index >= 15 is 0 Å². The topological polar surface area (TPSA) is 71.4 Å². The van der Waals surface area contributed by atoms with Gasteiger partial charge in [0.1, 0.15) is 12.4 Å². The number of guanidine groups is 1. The Balaban J connectivity index is 1.53. The Bertz CT molecular complexity index is 936. The zero-order valence-electron chi connectivity index (χ0n) is 17.8. The number of nitrogens with zero attached hydrogens (tertiary/aromatic N) is 3. The van der Waals surface area contributed by atoms with Gasteiger partial charge in [-0.1, -0.05) is 18.2 Å². The van der Waals surface area contributed by atoms with E-state index in [-0.39, 0.29) is 0 Å². The second kappa shape index (κ2) is 11.3. The molecule has 0 spiro atoms. The summed E-state index contributed by atoms with van der Waals surface area (Å²) in [6.45, 7) is 8.88. The molecule has 30 heavy (non-hydrogen) atoms. The van der Waals surface area contributed by atoms with Crippen LogP contribution in [0.15, 0.2) is 53.7 Å². The Morgan fingerprint density at radius 1 is 1.13 bits per heavy atom. The van der Waals surface area contributed by atoms with Gasteiger partial charge in [0.2, 0.25) is 0 Å². The van der Waals surface area contributed by atoms with Crippen molar-refractivity contribution < 1.29 is 4.74 Å². The molecule has 7 heteroatoms. The van der Waals surface area contributed by atoms with Crippen LogP contribution in [0, 0.1) is 13.8 Å². The lowest BCUT2D eigenvalue weighted by atomic mass is 10.2. The fourth-order valence-electron chi connectivity index (χ4n) is 2.82. The summed E-state index contributed by atoms with van der Waals surface area (Å²) in [6.07, 6.45) is 2.66. The first-order chi connectivity index (χ1) is 14.6. The van der Waals surface area contributed by atoms with Crippen molar-refractivity contribution in [1.29, 1.82) is 0 Å². The van der Waals surface area contributed by atoms with Crippen molar-refractivity contribution in [2.75, 3.05) is 13.1 Å². The van der Waals surface area contributed by atoms with Gasteiger partial charge >= 0.3 is 0 Å². The molecule has 3 aromatic rings. The number of hydrogen-bond acceptors (Lipinski definition) is 5. The Hall–Kier alpha value is -2.93. The largest absolute Gasteiger partial charge is 0.487 e. The fourth-order valence-corrected chi connectivity index (χ4v) is 3.75. The van der Waals surface area contributed by atoms with Crippen molar-refractivity contribution in [2.45, 2.75) is 40.3 Å². The number of aromatic nitrogens is 2. The van der Waals surface area contributed by atoms with Crippen molar-refractivity contribution in [3.8, 4) is 5.75 Å². The number of benzene rings is 1. The van der Waals surface area contributed by atoms with Crippen LogP contribution in [0.5, 0.6) is 5.75 Å². The van der Waals surface area contributed by atoms with Gasteiger partial charge in [0.05, 0.1) is 22.9 Å². The van der Waals surface area contributed by atoms with Crippen LogP contribution in [0.2, 0.25) is 0 Å². The quantitative estimate of drug-likeness (QED) is 0.402. The normalized spacial score (nSPS) is 11.4. The minimum Gasteiger partial charge on any atom is -0.487 e. The molecule has 0 radical (unpaired) electrons. The number of rotatable bonds is 9. The standard InChI is InChI=1S/C23H29N5OS/c1-4-24-23(26-13-11-22-28-17(2)18(3)30-22)27-15-19-8-7-10-21(14-19)29-16-20-9-5-6-12-25-20/h5-10,12,14H,4,11,13,15-16H2,1-3H3,(H2,24,26,27). The molecule has 0 bridgehead atoms. The summed E-state index contributed by atoms with van der Waals surface area (Å²) in [7, 11) is 0. The maximum absolute atomic E-state index is 5.86. The van der Waals surface area contributed by atoms with Gasteiger partial charge in [-0.2, -0.15) is 0 Å². The highest BCUT2D eigenvalue weighted by atomic mass is 32.1. The molecule has 0 aliphatic rings. The summed E-state index contributed by atoms with van der Waals surface area (Å²) in [5, 5.41) is 7.85. The molecule has 0 saturated heterocycles. The van der Waals surface area contributed by atoms with Crippen LogP contribution in [-0.2, 0) is 19.6 Å². The van der Waals surface area contributed by atoms with Gasteiger partial charge in [0.15, 0.2) is 5.96 Å². The van der Waals surface area contributed by atoms with Crippen molar-refractivity contribution in [3.05, 3.63) is 75.5 Å². The van der Waals surface area contributed by atoms with Crippen LogP contribution in [0.3, 0.4) is 0 Å². The van der Waals surface area contributed by atoms with Crippen LogP contribution >= 0.6 is 11.3 Å². The van der Waals surface area contributed by atoms with E-state index < -0.39 is 0 Å². The highest BCUT2D eigenvalue weighted by Crippen LogP contribution is 2.17. The molecule has 158 valence electrons. The number of hydrogen-bond donors (Lipinski definition) is 2. The molecule has 6 nitrogen and oxygen atoms in total. The van der Waals surface area contributed by atoms with Gasteiger partial charge in [0.25, 0.3) is 0 Å². The second-order valence-corrected chi connectivity index (χ2v) is 8.17. The zero-order chi connectivity index (χ0) is 21.2. The van der Waals surface area contributed by atoms with Gasteiger partial charge in [-0.15, -0.1) is 11.3 Å². The van der Waals surface area contributed by atoms with Crippen molar-refractivity contribution in [2.24, 2.45) is 4.99 Å². The molecule has 3 rings (SSSR count). The van der Waals surface area contributed by atoms with Gasteiger partial charge < -0.3 is 15.4 Å². The van der Waals surface area contributed by atoms with E-state index in [1.807, 2.05) is 36.4 Å². The Morgan fingerprint density at radius 2 is 2.03 bits per heavy atom. The van der Waals surface area contributed by atoms with Gasteiger partial charge in [-0.25, -0.2) is 9.98 Å². The third-order valence-corrected chi connectivity index (χ3v) is 5.61. The monoisotopic (exact) mass is 423 g/mol. The van der Waals surface area contributed by atoms with Crippen LogP contribution in [0.25, 0.3) is 0 Å². The molecule has 0 fully saturated rings. The van der Waals surface area contributed by atoms with E-state index in [0.29, 0.717) is 13.2 Å². The maximum atomic E-state index is 5.86. The lowest BCUT2D eigenvalue weighted by Crippen LogP contribution is -2.38. The molecular weight excluding hydrogens is 394 g/mol. The van der Waals surface area contributed by atoms with Crippen LogP contribution in [-0.4, -0.2) is 29.0 Å². The number of aliphatic imine (C=N–C) groups is 1. The Morgan fingerprint density at radius 3 is 2.77 bits per heavy atom. The fraction of sp³-hybridized carbons (Fsp3) is 0.348. The van der Waals surface area contributed by atoms with E-state index in [9.17, 15) is 0 Å². The number of ether oxygens (including phenoxy) is 1. The van der Waals surface area contributed by atoms with Crippen LogP contribution in [0.1, 0.15) is 33.8 Å². The lowest BCUT2D eigenvalue weighted by molar-refractivity contribution is 0.301. The summed E-state index contributed by atoms with van der Waals surface area (Å²) >= 11 is 1.76. The average molecular weight is 424 g/mol. The summed E-state index contributed by atoms with van der Waals surface area (Å²) in [5.74, 6) is 1.63. The smallest absolute Gasteiger partial charge is 0.191 e. The van der Waals surface area contributed by atoms with E-state index in [2.05, 4.69) is 47.4 Å². The van der Waals surface area contributed by atoms with Gasteiger partial charge in [-0.3, -0.25) is 4.98 Å². The van der Waals surface area contributed by atoms with Crippen LogP contribution in [0.4, 0.5) is 0 Å². The first-order valence-corrected chi connectivity index (χ1v) is 11.0. The molecule has 0 atom stereocenters. The summed E-state index contributed by atoms with van der Waals surface area (Å²) in [4.78, 5) is 14.9. The van der Waals surface area contributed by atoms with E-state index in [1.165, 1.54) is 4.88 Å². The first kappa shape index (κ1) is 21.8. The van der Waals surface area contributed by atoms with E-state index in [1.54, 1.807) is 17.5 Å². The van der Waals surface area contributed by atoms with Gasteiger partial charge in [-0.05, 0) is 50.6 Å². The van der Waals surface area contributed by atoms with Crippen molar-refractivity contribution in [3.63, 3.8) is 0 Å². The molecule has 2 aromatic heterocycles. The maximum Gasteiger partial charge on any atom is 0.191 e. The SMILES string of the molecule is CCNC(=NCc1cccc(OCc2ccccn2)c1)NCCc1nc(C)c(C)s1. The summed E-state index contributed by atoms with van der Waals surface area (Å²) < 4.78 is 5.86. The first-order valence-electron chi connectivity index (χ1n) is 10.2. The number of aryl methyl sites for hydroxylation is 2. The molecule has 0 amide bonds. The molecule has 2 heterocycles. The van der Waals surface area contributed by atoms with Crippen molar-refractivity contribution in [1.82, 2.24) is 20.6 Å². The average Bonchev–Trinajstić information content (AvgIpc) is 3.08.